The Labute approximate surface area is 188 Å². The average molecular weight is 452 g/mol. The Morgan fingerprint density at radius 3 is 3.00 bits per heavy atom. The monoisotopic (exact) mass is 452 g/mol. The molecule has 33 heavy (non-hydrogen) atoms. The summed E-state index contributed by atoms with van der Waals surface area (Å²) in [5.74, 6) is 0.211. The molecule has 0 spiro atoms. The number of benzene rings is 1. The van der Waals surface area contributed by atoms with Crippen LogP contribution < -0.4 is 15.4 Å². The summed E-state index contributed by atoms with van der Waals surface area (Å²) in [6.45, 7) is 0.875. The second kappa shape index (κ2) is 9.58. The van der Waals surface area contributed by atoms with Crippen LogP contribution in [-0.4, -0.2) is 63.2 Å². The van der Waals surface area contributed by atoms with Crippen LogP contribution in [0.2, 0.25) is 0 Å². The van der Waals surface area contributed by atoms with E-state index in [0.717, 1.165) is 0 Å². The molecular weight excluding hydrogens is 431 g/mol. The van der Waals surface area contributed by atoms with E-state index in [1.54, 1.807) is 25.2 Å². The lowest BCUT2D eigenvalue weighted by atomic mass is 10.1. The van der Waals surface area contributed by atoms with Crippen molar-refractivity contribution in [3.63, 3.8) is 0 Å². The molecule has 170 valence electrons. The highest BCUT2D eigenvalue weighted by Gasteiger charge is 2.27. The molecule has 1 aliphatic rings. The maximum absolute atomic E-state index is 14.1. The maximum Gasteiger partial charge on any atom is 0.358 e. The van der Waals surface area contributed by atoms with Crippen LogP contribution in [0.15, 0.2) is 30.7 Å². The van der Waals surface area contributed by atoms with E-state index >= 15 is 0 Å². The Hall–Kier alpha value is -4.11. The normalized spacial score (nSPS) is 17.8. The van der Waals surface area contributed by atoms with Gasteiger partial charge in [-0.15, -0.1) is 0 Å². The number of ether oxygens (including phenoxy) is 2. The van der Waals surface area contributed by atoms with Gasteiger partial charge in [0.2, 0.25) is 5.95 Å². The molecule has 3 aromatic rings. The molecule has 0 aliphatic carbocycles. The summed E-state index contributed by atoms with van der Waals surface area (Å²) in [5.41, 5.74) is 1.36. The number of hydrogen-bond acceptors (Lipinski definition) is 10. The number of nitrogens with one attached hydrogen (secondary N) is 2. The standard InChI is InChI=1S/C21H21FN8O3/c1-30-18(20(31)32-2)15(10-27-30)28-21-26-11-25-19(29-21)12-3-4-16(13(7-12)8-23)33-17-5-6-24-9-14(17)22/h3-4,7,10-11,14,17,24H,5-6,9H2,1-2H3,(H,25,26,28,29)/t14-,17-/m0/s1. The predicted octanol–water partition coefficient (Wildman–Crippen LogP) is 1.75. The molecule has 1 saturated heterocycles. The van der Waals surface area contributed by atoms with Gasteiger partial charge in [-0.25, -0.2) is 19.2 Å². The van der Waals surface area contributed by atoms with Gasteiger partial charge in [0.1, 0.15) is 30.4 Å². The molecule has 0 amide bonds. The molecule has 1 aliphatic heterocycles. The van der Waals surface area contributed by atoms with Crippen LogP contribution in [0.3, 0.4) is 0 Å². The molecule has 2 N–H and O–H groups in total. The molecule has 11 nitrogen and oxygen atoms in total. The van der Waals surface area contributed by atoms with Crippen LogP contribution in [0.4, 0.5) is 16.0 Å². The zero-order valence-corrected chi connectivity index (χ0v) is 17.9. The van der Waals surface area contributed by atoms with Gasteiger partial charge in [0, 0.05) is 19.2 Å². The van der Waals surface area contributed by atoms with Crippen LogP contribution in [0.5, 0.6) is 5.75 Å². The zero-order valence-electron chi connectivity index (χ0n) is 17.9. The van der Waals surface area contributed by atoms with Crippen molar-refractivity contribution in [2.75, 3.05) is 25.5 Å². The number of aryl methyl sites for hydroxylation is 1. The third-order valence-corrected chi connectivity index (χ3v) is 5.12. The molecule has 2 aromatic heterocycles. The first-order valence-corrected chi connectivity index (χ1v) is 10.1. The van der Waals surface area contributed by atoms with Crippen LogP contribution in [0.1, 0.15) is 22.5 Å². The van der Waals surface area contributed by atoms with Crippen molar-refractivity contribution >= 4 is 17.6 Å². The predicted molar refractivity (Wildman–Crippen MR) is 115 cm³/mol. The molecular formula is C21H21FN8O3. The zero-order chi connectivity index (χ0) is 23.4. The first-order valence-electron chi connectivity index (χ1n) is 10.1. The number of aromatic nitrogens is 5. The maximum atomic E-state index is 14.1. The number of rotatable bonds is 6. The lowest BCUT2D eigenvalue weighted by Crippen LogP contribution is -2.44. The smallest absolute Gasteiger partial charge is 0.358 e. The molecule has 3 heterocycles. The molecule has 0 saturated carbocycles. The van der Waals surface area contributed by atoms with E-state index in [1.807, 2.05) is 0 Å². The fourth-order valence-electron chi connectivity index (χ4n) is 3.44. The van der Waals surface area contributed by atoms with E-state index < -0.39 is 18.2 Å². The van der Waals surface area contributed by atoms with Gasteiger partial charge in [-0.05, 0) is 31.2 Å². The quantitative estimate of drug-likeness (QED) is 0.532. The number of methoxy groups -OCH3 is 1. The fraction of sp³-hybridized carbons (Fsp3) is 0.333. The van der Waals surface area contributed by atoms with E-state index in [4.69, 9.17) is 9.47 Å². The number of anilines is 2. The first-order chi connectivity index (χ1) is 16.0. The van der Waals surface area contributed by atoms with Gasteiger partial charge in [-0.1, -0.05) is 0 Å². The molecule has 1 fully saturated rings. The van der Waals surface area contributed by atoms with E-state index in [1.165, 1.54) is 24.3 Å². The number of nitriles is 1. The molecule has 12 heteroatoms. The van der Waals surface area contributed by atoms with Crippen molar-refractivity contribution in [3.05, 3.63) is 42.0 Å². The van der Waals surface area contributed by atoms with Crippen LogP contribution in [-0.2, 0) is 11.8 Å². The van der Waals surface area contributed by atoms with Gasteiger partial charge in [-0.3, -0.25) is 4.68 Å². The molecule has 0 unspecified atom stereocenters. The Balaban J connectivity index is 1.57. The van der Waals surface area contributed by atoms with E-state index in [0.29, 0.717) is 35.8 Å². The van der Waals surface area contributed by atoms with Crippen LogP contribution in [0, 0.1) is 11.3 Å². The van der Waals surface area contributed by atoms with Gasteiger partial charge in [0.15, 0.2) is 11.5 Å². The number of piperidine rings is 1. The third kappa shape index (κ3) is 4.73. The highest BCUT2D eigenvalue weighted by Crippen LogP contribution is 2.28. The number of alkyl halides is 1. The van der Waals surface area contributed by atoms with Gasteiger partial charge in [-0.2, -0.15) is 15.3 Å². The van der Waals surface area contributed by atoms with Gasteiger partial charge < -0.3 is 20.1 Å². The van der Waals surface area contributed by atoms with Crippen molar-refractivity contribution in [2.24, 2.45) is 7.05 Å². The summed E-state index contributed by atoms with van der Waals surface area (Å²) in [5, 5.41) is 19.5. The lowest BCUT2D eigenvalue weighted by molar-refractivity contribution is 0.0589. The molecule has 0 radical (unpaired) electrons. The number of esters is 1. The van der Waals surface area contributed by atoms with Gasteiger partial charge in [0.25, 0.3) is 0 Å². The lowest BCUT2D eigenvalue weighted by Gasteiger charge is -2.27. The number of nitrogens with zero attached hydrogens (tertiary/aromatic N) is 6. The minimum atomic E-state index is -1.15. The van der Waals surface area contributed by atoms with E-state index in [-0.39, 0.29) is 23.8 Å². The van der Waals surface area contributed by atoms with Gasteiger partial charge in [0.05, 0.1) is 24.6 Å². The summed E-state index contributed by atoms with van der Waals surface area (Å²) < 4.78 is 26.0. The second-order valence-corrected chi connectivity index (χ2v) is 7.27. The van der Waals surface area contributed by atoms with Crippen molar-refractivity contribution in [3.8, 4) is 23.2 Å². The Bertz CT molecular complexity index is 1210. The largest absolute Gasteiger partial charge is 0.486 e. The Kier molecular flexibility index (Phi) is 6.41. The highest BCUT2D eigenvalue weighted by atomic mass is 19.1. The van der Waals surface area contributed by atoms with Gasteiger partial charge >= 0.3 is 5.97 Å². The number of carbonyl (C=O) groups is 1. The SMILES string of the molecule is COC(=O)c1c(Nc2ncnc(-c3ccc(O[C@H]4CCNC[C@@H]4F)c(C#N)c3)n2)cnn1C. The summed E-state index contributed by atoms with van der Waals surface area (Å²) in [6, 6.07) is 6.95. The molecule has 4 rings (SSSR count). The Morgan fingerprint density at radius 2 is 2.24 bits per heavy atom. The summed E-state index contributed by atoms with van der Waals surface area (Å²) >= 11 is 0. The highest BCUT2D eigenvalue weighted by molar-refractivity contribution is 5.94. The Morgan fingerprint density at radius 1 is 1.39 bits per heavy atom. The summed E-state index contributed by atoms with van der Waals surface area (Å²) in [7, 11) is 2.89. The summed E-state index contributed by atoms with van der Waals surface area (Å²) in [4.78, 5) is 24.6. The minimum absolute atomic E-state index is 0.173. The van der Waals surface area contributed by atoms with E-state index in [2.05, 4.69) is 36.8 Å². The van der Waals surface area contributed by atoms with Crippen molar-refractivity contribution < 1.29 is 18.7 Å². The average Bonchev–Trinajstić information content (AvgIpc) is 3.20. The number of carbonyl (C=O) groups excluding carboxylic acids is 1. The second-order valence-electron chi connectivity index (χ2n) is 7.27. The third-order valence-electron chi connectivity index (χ3n) is 5.12. The first kappa shape index (κ1) is 22.1. The number of halogens is 1. The molecule has 1 aromatic carbocycles. The minimum Gasteiger partial charge on any atom is -0.486 e. The molecule has 2 atom stereocenters. The van der Waals surface area contributed by atoms with Crippen molar-refractivity contribution in [1.29, 1.82) is 5.26 Å². The van der Waals surface area contributed by atoms with Crippen molar-refractivity contribution in [2.45, 2.75) is 18.7 Å². The summed E-state index contributed by atoms with van der Waals surface area (Å²) in [6.07, 6.45) is 1.51. The van der Waals surface area contributed by atoms with Crippen molar-refractivity contribution in [1.82, 2.24) is 30.0 Å². The topological polar surface area (TPSA) is 140 Å². The molecule has 0 bridgehead atoms. The fourth-order valence-corrected chi connectivity index (χ4v) is 3.44. The van der Waals surface area contributed by atoms with Crippen LogP contribution in [0.25, 0.3) is 11.4 Å². The van der Waals surface area contributed by atoms with E-state index in [9.17, 15) is 14.4 Å². The van der Waals surface area contributed by atoms with Crippen LogP contribution >= 0.6 is 0 Å². The number of hydrogen-bond donors (Lipinski definition) is 2.